The molecule has 0 saturated carbocycles. The van der Waals surface area contributed by atoms with Crippen molar-refractivity contribution < 1.29 is 4.74 Å². The number of pyridine rings is 1. The summed E-state index contributed by atoms with van der Waals surface area (Å²) in [6.45, 7) is 2.98. The van der Waals surface area contributed by atoms with Crippen LogP contribution in [0.25, 0.3) is 10.9 Å². The lowest BCUT2D eigenvalue weighted by Crippen LogP contribution is -2.08. The molecule has 0 radical (unpaired) electrons. The van der Waals surface area contributed by atoms with Crippen molar-refractivity contribution in [2.75, 3.05) is 0 Å². The highest BCUT2D eigenvalue weighted by Gasteiger charge is 2.03. The van der Waals surface area contributed by atoms with Gasteiger partial charge in [0.15, 0.2) is 0 Å². The summed E-state index contributed by atoms with van der Waals surface area (Å²) >= 11 is 12.1. The van der Waals surface area contributed by atoms with Crippen molar-refractivity contribution in [1.29, 1.82) is 0 Å². The standard InChI is InChI=1S/C23H18Cl2N2O/c1-2-27-14-13-22(21-12-5-17(25)15-23(21)27)26-18-6-10-20(11-7-18)28-19-8-3-16(24)4-9-19/h3-15H,2H2,1H3. The SMILES string of the molecule is CCn1ccc(=Nc2ccc(Oc3ccc(Cl)cc3)cc2)c2ccc(Cl)cc21. The first-order valence-electron chi connectivity index (χ1n) is 8.99. The molecule has 3 aromatic carbocycles. The molecule has 0 aliphatic carbocycles. The molecule has 4 aromatic rings. The number of rotatable bonds is 4. The molecule has 0 N–H and O–H groups in total. The van der Waals surface area contributed by atoms with Crippen molar-refractivity contribution in [2.24, 2.45) is 4.99 Å². The molecule has 0 amide bonds. The Hall–Kier alpha value is -2.75. The molecule has 0 fully saturated rings. The zero-order valence-electron chi connectivity index (χ0n) is 15.3. The molecule has 0 saturated heterocycles. The number of aromatic nitrogens is 1. The van der Waals surface area contributed by atoms with Crippen molar-refractivity contribution in [1.82, 2.24) is 4.57 Å². The molecule has 1 heterocycles. The summed E-state index contributed by atoms with van der Waals surface area (Å²) < 4.78 is 7.99. The van der Waals surface area contributed by atoms with Crippen LogP contribution in [-0.4, -0.2) is 4.57 Å². The molecular weight excluding hydrogens is 391 g/mol. The van der Waals surface area contributed by atoms with Crippen molar-refractivity contribution in [3.05, 3.63) is 94.4 Å². The normalized spacial score (nSPS) is 11.8. The van der Waals surface area contributed by atoms with Crippen LogP contribution in [0.15, 0.2) is 84.0 Å². The number of hydrogen-bond donors (Lipinski definition) is 0. The summed E-state index contributed by atoms with van der Waals surface area (Å²) in [6.07, 6.45) is 2.04. The molecule has 0 bridgehead atoms. The van der Waals surface area contributed by atoms with Crippen molar-refractivity contribution in [2.45, 2.75) is 13.5 Å². The summed E-state index contributed by atoms with van der Waals surface area (Å²) in [5.41, 5.74) is 1.92. The van der Waals surface area contributed by atoms with Gasteiger partial charge >= 0.3 is 0 Å². The average Bonchev–Trinajstić information content (AvgIpc) is 2.71. The van der Waals surface area contributed by atoms with E-state index in [0.717, 1.165) is 45.0 Å². The summed E-state index contributed by atoms with van der Waals surface area (Å²) in [5, 5.41) is 3.37. The summed E-state index contributed by atoms with van der Waals surface area (Å²) in [4.78, 5) is 4.80. The fourth-order valence-electron chi connectivity index (χ4n) is 3.03. The number of aryl methyl sites for hydroxylation is 1. The Morgan fingerprint density at radius 2 is 1.46 bits per heavy atom. The number of fused-ring (bicyclic) bond motifs is 1. The lowest BCUT2D eigenvalue weighted by atomic mass is 10.2. The predicted octanol–water partition coefficient (Wildman–Crippen LogP) is 6.99. The number of halogens is 2. The monoisotopic (exact) mass is 408 g/mol. The van der Waals surface area contributed by atoms with E-state index in [1.807, 2.05) is 66.9 Å². The second-order valence-electron chi connectivity index (χ2n) is 6.31. The molecule has 5 heteroatoms. The summed E-state index contributed by atoms with van der Waals surface area (Å²) in [5.74, 6) is 1.49. The maximum absolute atomic E-state index is 6.19. The maximum atomic E-state index is 6.19. The average molecular weight is 409 g/mol. The Labute approximate surface area is 173 Å². The van der Waals surface area contributed by atoms with Gasteiger partial charge in [0.2, 0.25) is 0 Å². The molecular formula is C23H18Cl2N2O. The molecule has 0 aliphatic rings. The van der Waals surface area contributed by atoms with Gasteiger partial charge < -0.3 is 9.30 Å². The van der Waals surface area contributed by atoms with Crippen LogP contribution in [0.1, 0.15) is 6.92 Å². The number of ether oxygens (including phenoxy) is 1. The molecule has 3 nitrogen and oxygen atoms in total. The first kappa shape index (κ1) is 18.6. The molecule has 1 aromatic heterocycles. The van der Waals surface area contributed by atoms with Gasteiger partial charge in [-0.15, -0.1) is 0 Å². The Morgan fingerprint density at radius 3 is 2.14 bits per heavy atom. The van der Waals surface area contributed by atoms with E-state index in [2.05, 4.69) is 11.5 Å². The summed E-state index contributed by atoms with van der Waals surface area (Å²) in [7, 11) is 0. The topological polar surface area (TPSA) is 26.5 Å². The highest BCUT2D eigenvalue weighted by Crippen LogP contribution is 2.25. The van der Waals surface area contributed by atoms with E-state index >= 15 is 0 Å². The van der Waals surface area contributed by atoms with E-state index < -0.39 is 0 Å². The van der Waals surface area contributed by atoms with Gasteiger partial charge in [-0.25, -0.2) is 4.99 Å². The molecule has 0 unspecified atom stereocenters. The maximum Gasteiger partial charge on any atom is 0.127 e. The minimum Gasteiger partial charge on any atom is -0.457 e. The van der Waals surface area contributed by atoms with Gasteiger partial charge in [-0.2, -0.15) is 0 Å². The van der Waals surface area contributed by atoms with E-state index in [9.17, 15) is 0 Å². The van der Waals surface area contributed by atoms with Gasteiger partial charge in [0.05, 0.1) is 16.6 Å². The van der Waals surface area contributed by atoms with Crippen LogP contribution in [-0.2, 0) is 6.54 Å². The fourth-order valence-corrected chi connectivity index (χ4v) is 3.32. The van der Waals surface area contributed by atoms with E-state index in [-0.39, 0.29) is 0 Å². The second-order valence-corrected chi connectivity index (χ2v) is 7.18. The zero-order chi connectivity index (χ0) is 19.5. The Morgan fingerprint density at radius 1 is 0.821 bits per heavy atom. The van der Waals surface area contributed by atoms with Crippen LogP contribution in [0.4, 0.5) is 5.69 Å². The van der Waals surface area contributed by atoms with Gasteiger partial charge in [-0.1, -0.05) is 23.2 Å². The van der Waals surface area contributed by atoms with E-state index in [1.165, 1.54) is 0 Å². The molecule has 0 atom stereocenters. The Kier molecular flexibility index (Phi) is 5.38. The highest BCUT2D eigenvalue weighted by molar-refractivity contribution is 6.31. The van der Waals surface area contributed by atoms with Crippen LogP contribution in [0.2, 0.25) is 10.0 Å². The number of benzene rings is 3. The fraction of sp³-hybridized carbons (Fsp3) is 0.0870. The zero-order valence-corrected chi connectivity index (χ0v) is 16.8. The molecule has 4 rings (SSSR count). The van der Waals surface area contributed by atoms with E-state index in [0.29, 0.717) is 5.02 Å². The second kappa shape index (κ2) is 8.09. The van der Waals surface area contributed by atoms with Crippen molar-refractivity contribution in [3.8, 4) is 11.5 Å². The van der Waals surface area contributed by atoms with Crippen molar-refractivity contribution in [3.63, 3.8) is 0 Å². The largest absolute Gasteiger partial charge is 0.457 e. The third-order valence-electron chi connectivity index (χ3n) is 4.43. The molecule has 0 spiro atoms. The minimum atomic E-state index is 0.683. The van der Waals surface area contributed by atoms with Gasteiger partial charge in [0.1, 0.15) is 11.5 Å². The first-order valence-corrected chi connectivity index (χ1v) is 9.75. The van der Waals surface area contributed by atoms with Gasteiger partial charge in [-0.05, 0) is 79.7 Å². The Bertz CT molecular complexity index is 1180. The van der Waals surface area contributed by atoms with Gasteiger partial charge in [-0.3, -0.25) is 0 Å². The lowest BCUT2D eigenvalue weighted by Gasteiger charge is -2.09. The minimum absolute atomic E-state index is 0.683. The third-order valence-corrected chi connectivity index (χ3v) is 4.92. The van der Waals surface area contributed by atoms with E-state index in [1.54, 1.807) is 12.1 Å². The van der Waals surface area contributed by atoms with Gasteiger partial charge in [0, 0.05) is 28.2 Å². The highest BCUT2D eigenvalue weighted by atomic mass is 35.5. The number of nitrogens with zero attached hydrogens (tertiary/aromatic N) is 2. The number of hydrogen-bond acceptors (Lipinski definition) is 2. The van der Waals surface area contributed by atoms with Gasteiger partial charge in [0.25, 0.3) is 0 Å². The molecule has 140 valence electrons. The predicted molar refractivity (Wildman–Crippen MR) is 116 cm³/mol. The van der Waals surface area contributed by atoms with E-state index in [4.69, 9.17) is 32.9 Å². The quantitative estimate of drug-likeness (QED) is 0.357. The lowest BCUT2D eigenvalue weighted by molar-refractivity contribution is 0.483. The Balaban J connectivity index is 1.67. The molecule has 0 aliphatic heterocycles. The smallest absolute Gasteiger partial charge is 0.127 e. The summed E-state index contributed by atoms with van der Waals surface area (Å²) in [6, 6.07) is 22.9. The van der Waals surface area contributed by atoms with Crippen molar-refractivity contribution >= 4 is 39.8 Å². The van der Waals surface area contributed by atoms with Crippen LogP contribution in [0.3, 0.4) is 0 Å². The van der Waals surface area contributed by atoms with Crippen LogP contribution >= 0.6 is 23.2 Å². The molecule has 28 heavy (non-hydrogen) atoms. The van der Waals surface area contributed by atoms with Crippen LogP contribution in [0.5, 0.6) is 11.5 Å². The van der Waals surface area contributed by atoms with Crippen LogP contribution in [0, 0.1) is 0 Å². The first-order chi connectivity index (χ1) is 13.6. The van der Waals surface area contributed by atoms with Crippen LogP contribution < -0.4 is 10.1 Å². The third kappa shape index (κ3) is 4.06.